The molecule has 1 amide bonds. The van der Waals surface area contributed by atoms with E-state index in [1.54, 1.807) is 29.2 Å². The van der Waals surface area contributed by atoms with Gasteiger partial charge in [0, 0.05) is 60.4 Å². The van der Waals surface area contributed by atoms with Crippen molar-refractivity contribution in [3.05, 3.63) is 51.2 Å². The Balaban J connectivity index is 1.42. The number of nitrogens with one attached hydrogen (secondary N) is 1. The molecule has 2 aromatic heterocycles. The van der Waals surface area contributed by atoms with E-state index in [0.717, 1.165) is 28.6 Å². The highest BCUT2D eigenvalue weighted by molar-refractivity contribution is 7.91. The number of hydrogen-bond donors (Lipinski definition) is 1. The molecule has 0 aliphatic carbocycles. The van der Waals surface area contributed by atoms with E-state index in [1.807, 2.05) is 23.4 Å². The average Bonchev–Trinajstić information content (AvgIpc) is 3.46. The molecule has 0 bridgehead atoms. The van der Waals surface area contributed by atoms with Gasteiger partial charge in [0.05, 0.1) is 4.88 Å². The van der Waals surface area contributed by atoms with Gasteiger partial charge in [-0.3, -0.25) is 10.2 Å². The maximum absolute atomic E-state index is 13.2. The fraction of sp³-hybridized carbons (Fsp3) is 0.364. The molecule has 3 heterocycles. The standard InChI is InChI=1S/C22H25ClN4O3S3/c1-3-6-25(2)21(24)16-11-19(31-14-16)22(28)26-7-9-27(10-8-26)33(29,30)20-12-15-4-5-17(23)13-18(15)32-20/h4-5,11-14,24H,3,6-10H2,1-2H3. The van der Waals surface area contributed by atoms with E-state index in [1.165, 1.54) is 27.0 Å². The van der Waals surface area contributed by atoms with Crippen LogP contribution in [-0.4, -0.2) is 74.0 Å². The van der Waals surface area contributed by atoms with Gasteiger partial charge in [-0.05, 0) is 36.1 Å². The minimum Gasteiger partial charge on any atom is -0.360 e. The quantitative estimate of drug-likeness (QED) is 0.382. The van der Waals surface area contributed by atoms with Crippen LogP contribution >= 0.6 is 34.3 Å². The first-order valence-electron chi connectivity index (χ1n) is 10.6. The summed E-state index contributed by atoms with van der Waals surface area (Å²) < 4.78 is 28.9. The molecule has 0 radical (unpaired) electrons. The first-order valence-corrected chi connectivity index (χ1v) is 14.1. The zero-order valence-corrected chi connectivity index (χ0v) is 21.6. The number of fused-ring (bicyclic) bond motifs is 1. The highest BCUT2D eigenvalue weighted by atomic mass is 35.5. The largest absolute Gasteiger partial charge is 0.360 e. The van der Waals surface area contributed by atoms with Crippen LogP contribution in [0.15, 0.2) is 39.9 Å². The molecule has 176 valence electrons. The number of carbonyl (C=O) groups is 1. The summed E-state index contributed by atoms with van der Waals surface area (Å²) >= 11 is 8.56. The first-order chi connectivity index (χ1) is 15.7. The average molecular weight is 525 g/mol. The molecular formula is C22H25ClN4O3S3. The topological polar surface area (TPSA) is 84.8 Å². The van der Waals surface area contributed by atoms with Gasteiger partial charge in [0.1, 0.15) is 10.0 Å². The van der Waals surface area contributed by atoms with E-state index in [4.69, 9.17) is 17.0 Å². The Labute approximate surface area is 206 Å². The molecule has 7 nitrogen and oxygen atoms in total. The molecule has 1 aromatic carbocycles. The zero-order chi connectivity index (χ0) is 23.8. The summed E-state index contributed by atoms with van der Waals surface area (Å²) in [4.78, 5) is 17.1. The Morgan fingerprint density at radius 2 is 1.91 bits per heavy atom. The molecule has 3 aromatic rings. The predicted octanol–water partition coefficient (Wildman–Crippen LogP) is 4.43. The second-order valence-corrected chi connectivity index (χ2v) is 12.5. The summed E-state index contributed by atoms with van der Waals surface area (Å²) in [5.74, 6) is 0.276. The number of amides is 1. The molecule has 0 unspecified atom stereocenters. The molecule has 0 saturated carbocycles. The van der Waals surface area contributed by atoms with Crippen molar-refractivity contribution in [1.82, 2.24) is 14.1 Å². The zero-order valence-electron chi connectivity index (χ0n) is 18.4. The van der Waals surface area contributed by atoms with Crippen LogP contribution in [0.4, 0.5) is 0 Å². The second kappa shape index (κ2) is 9.71. The van der Waals surface area contributed by atoms with Crippen LogP contribution in [0.1, 0.15) is 28.6 Å². The van der Waals surface area contributed by atoms with E-state index in [9.17, 15) is 13.2 Å². The van der Waals surface area contributed by atoms with E-state index in [-0.39, 0.29) is 23.2 Å². The van der Waals surface area contributed by atoms with Crippen molar-refractivity contribution in [3.63, 3.8) is 0 Å². The van der Waals surface area contributed by atoms with Gasteiger partial charge in [-0.15, -0.1) is 22.7 Å². The van der Waals surface area contributed by atoms with Crippen molar-refractivity contribution in [3.8, 4) is 0 Å². The molecule has 0 atom stereocenters. The number of halogens is 1. The Hall–Kier alpha value is -1.98. The number of nitrogens with zero attached hydrogens (tertiary/aromatic N) is 3. The molecule has 1 saturated heterocycles. The number of carbonyl (C=O) groups excluding carboxylic acids is 1. The number of amidine groups is 1. The Kier molecular flexibility index (Phi) is 7.11. The SMILES string of the molecule is CCCN(C)C(=N)c1csc(C(=O)N2CCN(S(=O)(=O)c3cc4ccc(Cl)cc4s3)CC2)c1. The van der Waals surface area contributed by atoms with Crippen LogP contribution in [0.25, 0.3) is 10.1 Å². The molecule has 33 heavy (non-hydrogen) atoms. The number of rotatable bonds is 6. The van der Waals surface area contributed by atoms with Crippen molar-refractivity contribution in [2.24, 2.45) is 0 Å². The maximum Gasteiger partial charge on any atom is 0.264 e. The summed E-state index contributed by atoms with van der Waals surface area (Å²) in [5.41, 5.74) is 0.727. The van der Waals surface area contributed by atoms with Gasteiger partial charge in [0.25, 0.3) is 15.9 Å². The van der Waals surface area contributed by atoms with Crippen molar-refractivity contribution >= 4 is 66.1 Å². The van der Waals surface area contributed by atoms with Gasteiger partial charge in [0.15, 0.2) is 0 Å². The van der Waals surface area contributed by atoms with Crippen LogP contribution < -0.4 is 0 Å². The summed E-state index contributed by atoms with van der Waals surface area (Å²) in [6.07, 6.45) is 0.942. The molecule has 0 spiro atoms. The van der Waals surface area contributed by atoms with Crippen molar-refractivity contribution in [1.29, 1.82) is 5.41 Å². The molecule has 4 rings (SSSR count). The number of sulfonamides is 1. The highest BCUT2D eigenvalue weighted by Crippen LogP contribution is 2.33. The summed E-state index contributed by atoms with van der Waals surface area (Å²) in [6.45, 7) is 3.99. The van der Waals surface area contributed by atoms with Gasteiger partial charge < -0.3 is 9.80 Å². The lowest BCUT2D eigenvalue weighted by atomic mass is 10.2. The Morgan fingerprint density at radius 3 is 2.61 bits per heavy atom. The summed E-state index contributed by atoms with van der Waals surface area (Å²) in [7, 11) is -1.76. The highest BCUT2D eigenvalue weighted by Gasteiger charge is 2.32. The number of hydrogen-bond acceptors (Lipinski definition) is 6. The normalized spacial score (nSPS) is 15.2. The molecule has 1 fully saturated rings. The third kappa shape index (κ3) is 4.95. The third-order valence-corrected chi connectivity index (χ3v) is 10.2. The fourth-order valence-electron chi connectivity index (χ4n) is 3.76. The number of thiophene rings is 2. The lowest BCUT2D eigenvalue weighted by molar-refractivity contribution is 0.0703. The fourth-order valence-corrected chi connectivity index (χ4v) is 7.87. The van der Waals surface area contributed by atoms with Crippen molar-refractivity contribution in [2.45, 2.75) is 17.6 Å². The minimum atomic E-state index is -3.63. The smallest absolute Gasteiger partial charge is 0.264 e. The summed E-state index contributed by atoms with van der Waals surface area (Å²) in [5, 5.41) is 11.5. The molecule has 11 heteroatoms. The molecular weight excluding hydrogens is 500 g/mol. The van der Waals surface area contributed by atoms with Crippen LogP contribution in [0.5, 0.6) is 0 Å². The Morgan fingerprint density at radius 1 is 1.18 bits per heavy atom. The van der Waals surface area contributed by atoms with Gasteiger partial charge in [0.2, 0.25) is 0 Å². The maximum atomic E-state index is 13.2. The number of piperazine rings is 1. The number of benzene rings is 1. The molecule has 1 aliphatic rings. The first kappa shape index (κ1) is 24.2. The lowest BCUT2D eigenvalue weighted by Gasteiger charge is -2.33. The van der Waals surface area contributed by atoms with Gasteiger partial charge >= 0.3 is 0 Å². The molecule has 1 aliphatic heterocycles. The van der Waals surface area contributed by atoms with E-state index in [2.05, 4.69) is 6.92 Å². The van der Waals surface area contributed by atoms with Gasteiger partial charge in [-0.1, -0.05) is 24.6 Å². The van der Waals surface area contributed by atoms with Gasteiger partial charge in [-0.2, -0.15) is 4.31 Å². The third-order valence-electron chi connectivity index (χ3n) is 5.60. The van der Waals surface area contributed by atoms with Crippen molar-refractivity contribution in [2.75, 3.05) is 39.8 Å². The van der Waals surface area contributed by atoms with E-state index >= 15 is 0 Å². The van der Waals surface area contributed by atoms with Crippen LogP contribution in [0.2, 0.25) is 5.02 Å². The van der Waals surface area contributed by atoms with Crippen LogP contribution in [-0.2, 0) is 10.0 Å². The van der Waals surface area contributed by atoms with E-state index < -0.39 is 10.0 Å². The van der Waals surface area contributed by atoms with Gasteiger partial charge in [-0.25, -0.2) is 8.42 Å². The minimum absolute atomic E-state index is 0.120. The Bertz CT molecular complexity index is 1290. The van der Waals surface area contributed by atoms with Crippen molar-refractivity contribution < 1.29 is 13.2 Å². The van der Waals surface area contributed by atoms with E-state index in [0.29, 0.717) is 28.8 Å². The lowest BCUT2D eigenvalue weighted by Crippen LogP contribution is -2.50. The predicted molar refractivity (Wildman–Crippen MR) is 136 cm³/mol. The monoisotopic (exact) mass is 524 g/mol. The summed E-state index contributed by atoms with van der Waals surface area (Å²) in [6, 6.07) is 8.77. The van der Waals surface area contributed by atoms with Crippen LogP contribution in [0, 0.1) is 5.41 Å². The second-order valence-electron chi connectivity index (χ2n) is 7.91. The van der Waals surface area contributed by atoms with Crippen LogP contribution in [0.3, 0.4) is 0 Å². The molecule has 1 N–H and O–H groups in total.